The van der Waals surface area contributed by atoms with E-state index in [1.807, 2.05) is 0 Å². The van der Waals surface area contributed by atoms with Crippen LogP contribution in [0, 0.1) is 0 Å². The van der Waals surface area contributed by atoms with Gasteiger partial charge in [0.25, 0.3) is 0 Å². The molecule has 2 aromatic heterocycles. The lowest BCUT2D eigenvalue weighted by molar-refractivity contribution is 0.429. The summed E-state index contributed by atoms with van der Waals surface area (Å²) in [4.78, 5) is 15.5. The molecule has 0 amide bonds. The van der Waals surface area contributed by atoms with E-state index in [-0.39, 0.29) is 12.0 Å². The maximum absolute atomic E-state index is 9.34. The first-order valence-electron chi connectivity index (χ1n) is 4.50. The van der Waals surface area contributed by atoms with Gasteiger partial charge in [-0.2, -0.15) is 15.0 Å². The fraction of sp³-hybridized carbons (Fsp3) is 0.111. The van der Waals surface area contributed by atoms with Crippen LogP contribution in [0.2, 0.25) is 0 Å². The van der Waals surface area contributed by atoms with Crippen LogP contribution in [0.15, 0.2) is 24.5 Å². The van der Waals surface area contributed by atoms with Crippen LogP contribution >= 0.6 is 0 Å². The minimum atomic E-state index is -0.374. The summed E-state index contributed by atoms with van der Waals surface area (Å²) in [5.41, 5.74) is 0.684. The van der Waals surface area contributed by atoms with E-state index in [1.165, 1.54) is 5.01 Å². The Bertz CT molecular complexity index is 487. The quantitative estimate of drug-likeness (QED) is 0.538. The van der Waals surface area contributed by atoms with Crippen molar-refractivity contribution >= 4 is 5.95 Å². The highest BCUT2D eigenvalue weighted by Gasteiger charge is 2.09. The van der Waals surface area contributed by atoms with E-state index in [9.17, 15) is 5.11 Å². The highest BCUT2D eigenvalue weighted by molar-refractivity contribution is 5.54. The van der Waals surface area contributed by atoms with Crippen LogP contribution in [-0.4, -0.2) is 32.1 Å². The Balaban J connectivity index is 2.50. The second-order valence-corrected chi connectivity index (χ2v) is 3.11. The molecule has 7 nitrogen and oxygen atoms in total. The van der Waals surface area contributed by atoms with E-state index < -0.39 is 0 Å². The highest BCUT2D eigenvalue weighted by atomic mass is 16.3. The van der Waals surface area contributed by atoms with Crippen LogP contribution in [0.1, 0.15) is 0 Å². The minimum absolute atomic E-state index is 0.186. The van der Waals surface area contributed by atoms with Crippen molar-refractivity contribution in [3.8, 4) is 17.4 Å². The lowest BCUT2D eigenvalue weighted by atomic mass is 10.3. The molecular formula is C9H10N6O. The number of hydrogen-bond acceptors (Lipinski definition) is 7. The lowest BCUT2D eigenvalue weighted by Gasteiger charge is -2.10. The molecule has 16 heavy (non-hydrogen) atoms. The van der Waals surface area contributed by atoms with Crippen molar-refractivity contribution in [3.63, 3.8) is 0 Å². The van der Waals surface area contributed by atoms with E-state index in [0.29, 0.717) is 11.4 Å². The third-order valence-corrected chi connectivity index (χ3v) is 1.85. The predicted octanol–water partition coefficient (Wildman–Crippen LogP) is -0.0509. The second-order valence-electron chi connectivity index (χ2n) is 3.11. The number of rotatable bonds is 2. The number of aromatic nitrogens is 4. The first kappa shape index (κ1) is 10.2. The molecule has 2 rings (SSSR count). The predicted molar refractivity (Wildman–Crippen MR) is 57.3 cm³/mol. The molecule has 2 heterocycles. The third-order valence-electron chi connectivity index (χ3n) is 1.85. The fourth-order valence-electron chi connectivity index (χ4n) is 1.14. The molecule has 0 radical (unpaired) electrons. The Morgan fingerprint density at radius 1 is 1.31 bits per heavy atom. The normalized spacial score (nSPS) is 10.1. The van der Waals surface area contributed by atoms with Crippen molar-refractivity contribution in [2.45, 2.75) is 0 Å². The summed E-state index contributed by atoms with van der Waals surface area (Å²) in [7, 11) is 1.57. The van der Waals surface area contributed by atoms with E-state index in [2.05, 4.69) is 19.9 Å². The molecule has 0 spiro atoms. The molecule has 3 N–H and O–H groups in total. The molecule has 0 saturated carbocycles. The molecule has 82 valence electrons. The van der Waals surface area contributed by atoms with Gasteiger partial charge in [-0.15, -0.1) is 0 Å². The fourth-order valence-corrected chi connectivity index (χ4v) is 1.14. The molecule has 0 atom stereocenters. The summed E-state index contributed by atoms with van der Waals surface area (Å²) >= 11 is 0. The first-order valence-corrected chi connectivity index (χ1v) is 4.50. The molecule has 0 fully saturated rings. The van der Waals surface area contributed by atoms with Crippen LogP contribution in [-0.2, 0) is 0 Å². The van der Waals surface area contributed by atoms with Gasteiger partial charge in [0.2, 0.25) is 5.95 Å². The topological polar surface area (TPSA) is 101 Å². The zero-order valence-electron chi connectivity index (χ0n) is 8.57. The van der Waals surface area contributed by atoms with Gasteiger partial charge in [-0.1, -0.05) is 0 Å². The number of hydrogen-bond donors (Lipinski definition) is 2. The first-order chi connectivity index (χ1) is 7.66. The zero-order chi connectivity index (χ0) is 11.5. The van der Waals surface area contributed by atoms with Gasteiger partial charge in [-0.05, 0) is 12.1 Å². The van der Waals surface area contributed by atoms with Gasteiger partial charge in [0.15, 0.2) is 5.82 Å². The van der Waals surface area contributed by atoms with E-state index in [1.54, 1.807) is 31.6 Å². The van der Waals surface area contributed by atoms with Crippen LogP contribution in [0.5, 0.6) is 6.01 Å². The van der Waals surface area contributed by atoms with E-state index >= 15 is 0 Å². The van der Waals surface area contributed by atoms with Gasteiger partial charge in [0.1, 0.15) is 0 Å². The molecule has 0 saturated heterocycles. The number of pyridine rings is 1. The molecule has 2 aromatic rings. The summed E-state index contributed by atoms with van der Waals surface area (Å²) in [6.07, 6.45) is 3.23. The third kappa shape index (κ3) is 2.04. The maximum atomic E-state index is 9.34. The monoisotopic (exact) mass is 218 g/mol. The average Bonchev–Trinajstić information content (AvgIpc) is 2.29. The largest absolute Gasteiger partial charge is 0.479 e. The molecule has 0 aromatic carbocycles. The number of nitrogens with two attached hydrogens (primary N) is 1. The van der Waals surface area contributed by atoms with Crippen molar-refractivity contribution in [2.24, 2.45) is 5.84 Å². The minimum Gasteiger partial charge on any atom is -0.479 e. The molecule has 0 aliphatic rings. The summed E-state index contributed by atoms with van der Waals surface area (Å²) in [6.45, 7) is 0. The molecule has 0 bridgehead atoms. The molecule has 0 aliphatic carbocycles. The van der Waals surface area contributed by atoms with Crippen LogP contribution in [0.25, 0.3) is 11.4 Å². The highest BCUT2D eigenvalue weighted by Crippen LogP contribution is 2.17. The van der Waals surface area contributed by atoms with Gasteiger partial charge in [-0.3, -0.25) is 9.99 Å². The van der Waals surface area contributed by atoms with Crippen LogP contribution < -0.4 is 10.9 Å². The Labute approximate surface area is 91.6 Å². The van der Waals surface area contributed by atoms with Crippen molar-refractivity contribution < 1.29 is 5.11 Å². The van der Waals surface area contributed by atoms with Gasteiger partial charge in [0, 0.05) is 25.0 Å². The molecule has 7 heteroatoms. The maximum Gasteiger partial charge on any atom is 0.319 e. The Kier molecular flexibility index (Phi) is 2.61. The average molecular weight is 218 g/mol. The summed E-state index contributed by atoms with van der Waals surface area (Å²) in [6, 6.07) is 3.16. The number of anilines is 1. The second kappa shape index (κ2) is 4.07. The van der Waals surface area contributed by atoms with E-state index in [0.717, 1.165) is 0 Å². The summed E-state index contributed by atoms with van der Waals surface area (Å²) in [5.74, 6) is 6.00. The summed E-state index contributed by atoms with van der Waals surface area (Å²) < 4.78 is 0. The van der Waals surface area contributed by atoms with Crippen molar-refractivity contribution in [2.75, 3.05) is 12.1 Å². The SMILES string of the molecule is CN(N)c1nc(O)nc(-c2cccnc2)n1. The van der Waals surface area contributed by atoms with Crippen molar-refractivity contribution in [1.82, 2.24) is 19.9 Å². The van der Waals surface area contributed by atoms with Gasteiger partial charge in [0.05, 0.1) is 0 Å². The molecule has 0 aliphatic heterocycles. The van der Waals surface area contributed by atoms with Crippen LogP contribution in [0.4, 0.5) is 5.95 Å². The van der Waals surface area contributed by atoms with E-state index in [4.69, 9.17) is 5.84 Å². The standard InChI is InChI=1S/C9H10N6O/c1-15(10)8-12-7(13-9(16)14-8)6-3-2-4-11-5-6/h2-5H,10H2,1H3,(H,12,13,14,16). The van der Waals surface area contributed by atoms with Gasteiger partial charge >= 0.3 is 6.01 Å². The van der Waals surface area contributed by atoms with Crippen molar-refractivity contribution in [3.05, 3.63) is 24.5 Å². The number of aromatic hydroxyl groups is 1. The molecule has 0 unspecified atom stereocenters. The van der Waals surface area contributed by atoms with Gasteiger partial charge < -0.3 is 5.11 Å². The summed E-state index contributed by atoms with van der Waals surface area (Å²) in [5, 5.41) is 10.5. The Morgan fingerprint density at radius 3 is 2.75 bits per heavy atom. The van der Waals surface area contributed by atoms with Crippen LogP contribution in [0.3, 0.4) is 0 Å². The Hall–Kier alpha value is -2.28. The van der Waals surface area contributed by atoms with Crippen molar-refractivity contribution in [1.29, 1.82) is 0 Å². The number of nitrogens with zero attached hydrogens (tertiary/aromatic N) is 5. The smallest absolute Gasteiger partial charge is 0.319 e. The zero-order valence-corrected chi connectivity index (χ0v) is 8.57. The van der Waals surface area contributed by atoms with Gasteiger partial charge in [-0.25, -0.2) is 5.84 Å². The Morgan fingerprint density at radius 2 is 2.12 bits per heavy atom. The lowest BCUT2D eigenvalue weighted by Crippen LogP contribution is -2.27. The number of hydrazine groups is 1. The molecular weight excluding hydrogens is 208 g/mol.